The third kappa shape index (κ3) is 2.87. The molecule has 1 aromatic rings. The number of hydrogen-bond donors (Lipinski definition) is 1. The smallest absolute Gasteiger partial charge is 0.125 e. The van der Waals surface area contributed by atoms with Gasteiger partial charge in [0.15, 0.2) is 0 Å². The van der Waals surface area contributed by atoms with Crippen molar-refractivity contribution in [2.24, 2.45) is 5.92 Å². The monoisotopic (exact) mass is 214 g/mol. The van der Waals surface area contributed by atoms with Crippen LogP contribution >= 0.6 is 0 Å². The highest BCUT2D eigenvalue weighted by atomic mass is 16.3. The van der Waals surface area contributed by atoms with Crippen LogP contribution in [0.15, 0.2) is 30.3 Å². The fourth-order valence-corrected chi connectivity index (χ4v) is 2.07. The van der Waals surface area contributed by atoms with Gasteiger partial charge in [0.2, 0.25) is 0 Å². The summed E-state index contributed by atoms with van der Waals surface area (Å²) in [6.07, 6.45) is 3.79. The van der Waals surface area contributed by atoms with Gasteiger partial charge < -0.3 is 5.11 Å². The van der Waals surface area contributed by atoms with Crippen molar-refractivity contribution in [2.45, 2.75) is 38.2 Å². The van der Waals surface area contributed by atoms with E-state index in [-0.39, 0.29) is 0 Å². The molecule has 1 aliphatic rings. The predicted molar refractivity (Wildman–Crippen MR) is 65.9 cm³/mol. The molecule has 0 radical (unpaired) electrons. The minimum atomic E-state index is -0.748. The Labute approximate surface area is 97.5 Å². The zero-order valence-electron chi connectivity index (χ0n) is 9.74. The maximum Gasteiger partial charge on any atom is 0.125 e. The van der Waals surface area contributed by atoms with E-state index in [0.717, 1.165) is 37.2 Å². The van der Waals surface area contributed by atoms with Crippen LogP contribution in [0.4, 0.5) is 0 Å². The molecule has 1 N–H and O–H groups in total. The molecule has 0 aromatic heterocycles. The molecule has 1 nitrogen and oxygen atoms in total. The van der Waals surface area contributed by atoms with Crippen LogP contribution in [0.1, 0.15) is 38.2 Å². The van der Waals surface area contributed by atoms with Gasteiger partial charge in [-0.25, -0.2) is 0 Å². The van der Waals surface area contributed by atoms with Crippen molar-refractivity contribution >= 4 is 0 Å². The second-order valence-corrected chi connectivity index (χ2v) is 4.83. The van der Waals surface area contributed by atoms with Crippen LogP contribution in [0.3, 0.4) is 0 Å². The van der Waals surface area contributed by atoms with Crippen LogP contribution < -0.4 is 0 Å². The van der Waals surface area contributed by atoms with Crippen molar-refractivity contribution in [2.75, 3.05) is 0 Å². The molecule has 0 unspecified atom stereocenters. The van der Waals surface area contributed by atoms with Gasteiger partial charge in [0.1, 0.15) is 5.60 Å². The van der Waals surface area contributed by atoms with Gasteiger partial charge in [-0.15, -0.1) is 0 Å². The Morgan fingerprint density at radius 2 is 1.81 bits per heavy atom. The van der Waals surface area contributed by atoms with E-state index in [0.29, 0.717) is 0 Å². The molecule has 16 heavy (non-hydrogen) atoms. The maximum absolute atomic E-state index is 10.3. The minimum Gasteiger partial charge on any atom is -0.378 e. The van der Waals surface area contributed by atoms with E-state index in [9.17, 15) is 5.11 Å². The molecule has 2 rings (SSSR count). The summed E-state index contributed by atoms with van der Waals surface area (Å²) in [5.41, 5.74) is 0.233. The van der Waals surface area contributed by atoms with Crippen LogP contribution in [-0.2, 0) is 0 Å². The molecule has 0 saturated heterocycles. The van der Waals surface area contributed by atoms with Crippen molar-refractivity contribution < 1.29 is 5.11 Å². The van der Waals surface area contributed by atoms with Crippen molar-refractivity contribution in [3.05, 3.63) is 35.9 Å². The van der Waals surface area contributed by atoms with Gasteiger partial charge in [-0.3, -0.25) is 0 Å². The molecule has 0 aliphatic heterocycles. The van der Waals surface area contributed by atoms with E-state index in [1.807, 2.05) is 30.3 Å². The summed E-state index contributed by atoms with van der Waals surface area (Å²) in [4.78, 5) is 0. The first-order valence-corrected chi connectivity index (χ1v) is 5.99. The first-order chi connectivity index (χ1) is 7.68. The van der Waals surface area contributed by atoms with Crippen LogP contribution in [0.25, 0.3) is 0 Å². The van der Waals surface area contributed by atoms with Gasteiger partial charge in [0.25, 0.3) is 0 Å². The van der Waals surface area contributed by atoms with E-state index < -0.39 is 5.60 Å². The molecule has 1 saturated carbocycles. The zero-order chi connectivity index (χ0) is 11.4. The van der Waals surface area contributed by atoms with Crippen LogP contribution in [0.5, 0.6) is 0 Å². The molecule has 0 amide bonds. The molecule has 84 valence electrons. The third-order valence-electron chi connectivity index (χ3n) is 3.31. The topological polar surface area (TPSA) is 20.2 Å². The number of aliphatic hydroxyl groups is 1. The highest BCUT2D eigenvalue weighted by Gasteiger charge is 2.29. The molecular formula is C15H18O. The Hall–Kier alpha value is -1.26. The molecule has 1 aliphatic carbocycles. The van der Waals surface area contributed by atoms with Crippen molar-refractivity contribution in [3.63, 3.8) is 0 Å². The van der Waals surface area contributed by atoms with Crippen molar-refractivity contribution in [3.8, 4) is 11.8 Å². The standard InChI is InChI=1S/C15H18O/c1-13-7-10-15(16,11-8-13)12-9-14-5-3-2-4-6-14/h2-6,13,16H,7-8,10-11H2,1H3. The van der Waals surface area contributed by atoms with Gasteiger partial charge in [-0.05, 0) is 43.7 Å². The molecule has 0 bridgehead atoms. The average molecular weight is 214 g/mol. The summed E-state index contributed by atoms with van der Waals surface area (Å²) in [5.74, 6) is 6.85. The van der Waals surface area contributed by atoms with E-state index in [4.69, 9.17) is 0 Å². The summed E-state index contributed by atoms with van der Waals surface area (Å²) >= 11 is 0. The molecule has 0 spiro atoms. The Bertz CT molecular complexity index is 388. The van der Waals surface area contributed by atoms with E-state index in [1.54, 1.807) is 0 Å². The highest BCUT2D eigenvalue weighted by molar-refractivity contribution is 5.36. The quantitative estimate of drug-likeness (QED) is 0.658. The van der Waals surface area contributed by atoms with Gasteiger partial charge >= 0.3 is 0 Å². The average Bonchev–Trinajstić information content (AvgIpc) is 2.33. The second kappa shape index (κ2) is 4.72. The lowest BCUT2D eigenvalue weighted by molar-refractivity contribution is 0.0471. The Balaban J connectivity index is 2.07. The SMILES string of the molecule is CC1CCC(O)(C#Cc2ccccc2)CC1. The fraction of sp³-hybridized carbons (Fsp3) is 0.467. The zero-order valence-corrected chi connectivity index (χ0v) is 9.74. The van der Waals surface area contributed by atoms with Crippen molar-refractivity contribution in [1.29, 1.82) is 0 Å². The third-order valence-corrected chi connectivity index (χ3v) is 3.31. The summed E-state index contributed by atoms with van der Waals surface area (Å²) in [6.45, 7) is 2.24. The summed E-state index contributed by atoms with van der Waals surface area (Å²) in [5, 5.41) is 10.3. The minimum absolute atomic E-state index is 0.735. The largest absolute Gasteiger partial charge is 0.378 e. The lowest BCUT2D eigenvalue weighted by Crippen LogP contribution is -2.31. The molecule has 1 heteroatoms. The number of rotatable bonds is 0. The van der Waals surface area contributed by atoms with Crippen LogP contribution in [-0.4, -0.2) is 10.7 Å². The molecule has 1 fully saturated rings. The lowest BCUT2D eigenvalue weighted by atomic mass is 9.80. The van der Waals surface area contributed by atoms with E-state index in [1.165, 1.54) is 0 Å². The van der Waals surface area contributed by atoms with Crippen LogP contribution in [0.2, 0.25) is 0 Å². The van der Waals surface area contributed by atoms with Crippen LogP contribution in [0, 0.1) is 17.8 Å². The maximum atomic E-state index is 10.3. The van der Waals surface area contributed by atoms with Gasteiger partial charge in [0.05, 0.1) is 0 Å². The van der Waals surface area contributed by atoms with E-state index in [2.05, 4.69) is 18.8 Å². The van der Waals surface area contributed by atoms with E-state index >= 15 is 0 Å². The highest BCUT2D eigenvalue weighted by Crippen LogP contribution is 2.31. The number of benzene rings is 1. The molecule has 0 heterocycles. The Kier molecular flexibility index (Phi) is 3.31. The first kappa shape index (κ1) is 11.2. The summed E-state index contributed by atoms with van der Waals surface area (Å²) in [7, 11) is 0. The predicted octanol–water partition coefficient (Wildman–Crippen LogP) is 2.98. The molecule has 1 aromatic carbocycles. The summed E-state index contributed by atoms with van der Waals surface area (Å²) in [6, 6.07) is 9.86. The Morgan fingerprint density at radius 1 is 1.19 bits per heavy atom. The number of hydrogen-bond acceptors (Lipinski definition) is 1. The fourth-order valence-electron chi connectivity index (χ4n) is 2.07. The molecule has 0 atom stereocenters. The first-order valence-electron chi connectivity index (χ1n) is 5.99. The normalized spacial score (nSPS) is 29.2. The Morgan fingerprint density at radius 3 is 2.44 bits per heavy atom. The molecular weight excluding hydrogens is 196 g/mol. The van der Waals surface area contributed by atoms with Crippen molar-refractivity contribution in [1.82, 2.24) is 0 Å². The van der Waals surface area contributed by atoms with Gasteiger partial charge in [-0.2, -0.15) is 0 Å². The van der Waals surface area contributed by atoms with Gasteiger partial charge in [0, 0.05) is 5.56 Å². The van der Waals surface area contributed by atoms with Gasteiger partial charge in [-0.1, -0.05) is 37.0 Å². The summed E-state index contributed by atoms with van der Waals surface area (Å²) < 4.78 is 0. The second-order valence-electron chi connectivity index (χ2n) is 4.83. The lowest BCUT2D eigenvalue weighted by Gasteiger charge is -2.30.